The zero-order valence-electron chi connectivity index (χ0n) is 10.0. The summed E-state index contributed by atoms with van der Waals surface area (Å²) < 4.78 is 31.7. The van der Waals surface area contributed by atoms with Gasteiger partial charge < -0.3 is 9.84 Å². The number of aliphatic hydroxyl groups excluding tert-OH is 1. The van der Waals surface area contributed by atoms with Crippen molar-refractivity contribution in [1.82, 2.24) is 0 Å². The van der Waals surface area contributed by atoms with Crippen LogP contribution in [0.4, 0.5) is 14.5 Å². The molecule has 0 atom stereocenters. The van der Waals surface area contributed by atoms with Crippen LogP contribution in [0.5, 0.6) is 11.5 Å². The Kier molecular flexibility index (Phi) is 3.90. The summed E-state index contributed by atoms with van der Waals surface area (Å²) in [6.45, 7) is -0.339. The summed E-state index contributed by atoms with van der Waals surface area (Å²) in [5.74, 6) is -2.10. The quantitative estimate of drug-likeness (QED) is 0.690. The van der Waals surface area contributed by atoms with E-state index >= 15 is 0 Å². The molecule has 0 bridgehead atoms. The van der Waals surface area contributed by atoms with E-state index in [1.165, 1.54) is 12.1 Å². The second-order valence-electron chi connectivity index (χ2n) is 3.89. The Balaban J connectivity index is 2.37. The van der Waals surface area contributed by atoms with Gasteiger partial charge in [-0.2, -0.15) is 0 Å². The largest absolute Gasteiger partial charge is 0.447 e. The summed E-state index contributed by atoms with van der Waals surface area (Å²) in [4.78, 5) is 9.96. The number of benzene rings is 2. The highest BCUT2D eigenvalue weighted by Crippen LogP contribution is 2.33. The zero-order chi connectivity index (χ0) is 14.7. The number of aliphatic hydroxyl groups is 1. The van der Waals surface area contributed by atoms with E-state index in [9.17, 15) is 18.9 Å². The van der Waals surface area contributed by atoms with E-state index in [-0.39, 0.29) is 18.1 Å². The molecule has 5 nitrogen and oxygen atoms in total. The van der Waals surface area contributed by atoms with E-state index in [4.69, 9.17) is 9.84 Å². The molecule has 2 aromatic carbocycles. The smallest absolute Gasteiger partial charge is 0.314 e. The second-order valence-corrected chi connectivity index (χ2v) is 3.89. The number of hydrogen-bond donors (Lipinski definition) is 1. The lowest BCUT2D eigenvalue weighted by molar-refractivity contribution is -0.385. The topological polar surface area (TPSA) is 72.6 Å². The predicted octanol–water partition coefficient (Wildman–Crippen LogP) is 3.16. The van der Waals surface area contributed by atoms with Crippen LogP contribution in [0.25, 0.3) is 0 Å². The molecular weight excluding hydrogens is 272 g/mol. The Hall–Kier alpha value is -2.54. The van der Waals surface area contributed by atoms with E-state index in [0.717, 1.165) is 18.2 Å². The van der Waals surface area contributed by atoms with Crippen LogP contribution >= 0.6 is 0 Å². The van der Waals surface area contributed by atoms with Gasteiger partial charge in [-0.25, -0.2) is 8.78 Å². The van der Waals surface area contributed by atoms with Gasteiger partial charge in [0.25, 0.3) is 0 Å². The summed E-state index contributed by atoms with van der Waals surface area (Å²) in [5.41, 5.74) is -0.265. The highest BCUT2D eigenvalue weighted by molar-refractivity contribution is 5.48. The summed E-state index contributed by atoms with van der Waals surface area (Å²) in [6.07, 6.45) is 0. The van der Waals surface area contributed by atoms with Crippen LogP contribution in [0.2, 0.25) is 0 Å². The molecular formula is C13H9F2NO4. The number of nitrogens with zero attached hydrogens (tertiary/aromatic N) is 1. The Morgan fingerprint density at radius 3 is 2.45 bits per heavy atom. The number of nitro groups is 1. The highest BCUT2D eigenvalue weighted by Gasteiger charge is 2.18. The Morgan fingerprint density at radius 1 is 1.15 bits per heavy atom. The second kappa shape index (κ2) is 5.62. The molecule has 20 heavy (non-hydrogen) atoms. The molecule has 2 aromatic rings. The van der Waals surface area contributed by atoms with Gasteiger partial charge in [-0.3, -0.25) is 10.1 Å². The van der Waals surface area contributed by atoms with E-state index in [1.807, 2.05) is 0 Å². The highest BCUT2D eigenvalue weighted by atomic mass is 19.1. The molecule has 0 unspecified atom stereocenters. The molecule has 2 rings (SSSR count). The fourth-order valence-corrected chi connectivity index (χ4v) is 1.56. The first kappa shape index (κ1) is 13.9. The Labute approximate surface area is 112 Å². The molecule has 0 amide bonds. The van der Waals surface area contributed by atoms with Crippen molar-refractivity contribution in [2.24, 2.45) is 0 Å². The maximum atomic E-state index is 13.7. The first-order valence-electron chi connectivity index (χ1n) is 5.52. The van der Waals surface area contributed by atoms with Crippen molar-refractivity contribution in [2.45, 2.75) is 6.61 Å². The molecule has 0 spiro atoms. The number of hydrogen-bond acceptors (Lipinski definition) is 4. The molecule has 0 aliphatic heterocycles. The third-order valence-electron chi connectivity index (χ3n) is 2.52. The van der Waals surface area contributed by atoms with Crippen molar-refractivity contribution in [3.8, 4) is 11.5 Å². The van der Waals surface area contributed by atoms with Crippen molar-refractivity contribution < 1.29 is 23.5 Å². The number of nitro benzene ring substituents is 1. The van der Waals surface area contributed by atoms with Crippen molar-refractivity contribution in [2.75, 3.05) is 0 Å². The number of rotatable bonds is 4. The van der Waals surface area contributed by atoms with E-state index in [0.29, 0.717) is 11.6 Å². The van der Waals surface area contributed by atoms with Gasteiger partial charge in [-0.15, -0.1) is 0 Å². The molecule has 1 N–H and O–H groups in total. The summed E-state index contributed by atoms with van der Waals surface area (Å²) >= 11 is 0. The van der Waals surface area contributed by atoms with E-state index < -0.39 is 22.2 Å². The number of ether oxygens (including phenoxy) is 1. The molecule has 0 saturated heterocycles. The van der Waals surface area contributed by atoms with Crippen LogP contribution < -0.4 is 4.74 Å². The Morgan fingerprint density at radius 2 is 1.85 bits per heavy atom. The van der Waals surface area contributed by atoms with Crippen LogP contribution in [0.1, 0.15) is 5.56 Å². The standard InChI is InChI=1S/C13H9F2NO4/c14-9-2-4-13(11(6-9)16(18)19)20-12-3-1-8(7-17)5-10(12)15/h1-6,17H,7H2. The van der Waals surface area contributed by atoms with Gasteiger partial charge in [0.15, 0.2) is 11.6 Å². The predicted molar refractivity (Wildman–Crippen MR) is 65.5 cm³/mol. The van der Waals surface area contributed by atoms with Crippen molar-refractivity contribution in [3.63, 3.8) is 0 Å². The minimum atomic E-state index is -0.821. The summed E-state index contributed by atoms with van der Waals surface area (Å²) in [6, 6.07) is 6.40. The van der Waals surface area contributed by atoms with Crippen molar-refractivity contribution in [1.29, 1.82) is 0 Å². The van der Waals surface area contributed by atoms with Crippen LogP contribution in [0.3, 0.4) is 0 Å². The molecule has 0 fully saturated rings. The fraction of sp³-hybridized carbons (Fsp3) is 0.0769. The van der Waals surface area contributed by atoms with Crippen molar-refractivity contribution >= 4 is 5.69 Å². The molecule has 0 aliphatic carbocycles. The van der Waals surface area contributed by atoms with Gasteiger partial charge in [0.05, 0.1) is 17.6 Å². The summed E-state index contributed by atoms with van der Waals surface area (Å²) in [5, 5.41) is 19.6. The average Bonchev–Trinajstić information content (AvgIpc) is 2.42. The Bertz CT molecular complexity index is 661. The maximum absolute atomic E-state index is 13.7. The molecule has 0 radical (unpaired) electrons. The van der Waals surface area contributed by atoms with Gasteiger partial charge >= 0.3 is 5.69 Å². The number of halogens is 2. The monoisotopic (exact) mass is 281 g/mol. The molecule has 104 valence electrons. The molecule has 0 aliphatic rings. The molecule has 7 heteroatoms. The lowest BCUT2D eigenvalue weighted by Crippen LogP contribution is -1.96. The normalized spacial score (nSPS) is 10.3. The van der Waals surface area contributed by atoms with E-state index in [2.05, 4.69) is 0 Å². The lowest BCUT2D eigenvalue weighted by atomic mass is 10.2. The SMILES string of the molecule is O=[N+]([O-])c1cc(F)ccc1Oc1ccc(CO)cc1F. The van der Waals surface area contributed by atoms with Gasteiger partial charge in [-0.05, 0) is 29.8 Å². The first-order valence-corrected chi connectivity index (χ1v) is 5.52. The minimum Gasteiger partial charge on any atom is -0.447 e. The fourth-order valence-electron chi connectivity index (χ4n) is 1.56. The van der Waals surface area contributed by atoms with Crippen LogP contribution in [0, 0.1) is 21.7 Å². The average molecular weight is 281 g/mol. The molecule has 0 aromatic heterocycles. The molecule has 0 saturated carbocycles. The maximum Gasteiger partial charge on any atom is 0.314 e. The lowest BCUT2D eigenvalue weighted by Gasteiger charge is -2.08. The van der Waals surface area contributed by atoms with Gasteiger partial charge in [0.2, 0.25) is 5.75 Å². The van der Waals surface area contributed by atoms with Gasteiger partial charge in [-0.1, -0.05) is 6.07 Å². The van der Waals surface area contributed by atoms with Crippen LogP contribution in [-0.2, 0) is 6.61 Å². The first-order chi connectivity index (χ1) is 9.51. The van der Waals surface area contributed by atoms with Gasteiger partial charge in [0.1, 0.15) is 5.82 Å². The third-order valence-corrected chi connectivity index (χ3v) is 2.52. The zero-order valence-corrected chi connectivity index (χ0v) is 10.0. The minimum absolute atomic E-state index is 0.253. The van der Waals surface area contributed by atoms with Crippen molar-refractivity contribution in [3.05, 3.63) is 63.7 Å². The van der Waals surface area contributed by atoms with Gasteiger partial charge in [0, 0.05) is 0 Å². The van der Waals surface area contributed by atoms with Crippen LogP contribution in [0.15, 0.2) is 36.4 Å². The van der Waals surface area contributed by atoms with E-state index in [1.54, 1.807) is 0 Å². The molecule has 0 heterocycles. The third kappa shape index (κ3) is 2.89. The summed E-state index contributed by atoms with van der Waals surface area (Å²) in [7, 11) is 0. The van der Waals surface area contributed by atoms with Crippen LogP contribution in [-0.4, -0.2) is 10.0 Å².